The summed E-state index contributed by atoms with van der Waals surface area (Å²) in [6.07, 6.45) is 0. The first-order valence-corrected chi connectivity index (χ1v) is 7.11. The lowest BCUT2D eigenvalue weighted by molar-refractivity contribution is 0.940. The molecule has 0 saturated heterocycles. The van der Waals surface area contributed by atoms with Crippen molar-refractivity contribution in [3.63, 3.8) is 0 Å². The molecule has 2 aromatic rings. The first-order chi connectivity index (χ1) is 9.01. The van der Waals surface area contributed by atoms with Crippen LogP contribution in [0.4, 0.5) is 5.82 Å². The normalized spacial score (nSPS) is 10.6. The van der Waals surface area contributed by atoms with E-state index in [4.69, 9.17) is 0 Å². The van der Waals surface area contributed by atoms with Crippen molar-refractivity contribution in [3.8, 4) is 0 Å². The van der Waals surface area contributed by atoms with Crippen LogP contribution < -0.4 is 5.32 Å². The predicted octanol–water partition coefficient (Wildman–Crippen LogP) is 3.90. The van der Waals surface area contributed by atoms with Gasteiger partial charge in [0, 0.05) is 17.5 Å². The van der Waals surface area contributed by atoms with E-state index in [9.17, 15) is 0 Å². The Balaban J connectivity index is 2.43. The fraction of sp³-hybridized carbons (Fsp3) is 0.333. The summed E-state index contributed by atoms with van der Waals surface area (Å²) in [5.74, 6) is 1.70. The van der Waals surface area contributed by atoms with Gasteiger partial charge >= 0.3 is 0 Å². The van der Waals surface area contributed by atoms with Gasteiger partial charge in [0.2, 0.25) is 0 Å². The highest BCUT2D eigenvalue weighted by Gasteiger charge is 2.11. The first-order valence-electron chi connectivity index (χ1n) is 6.29. The van der Waals surface area contributed by atoms with Crippen LogP contribution in [-0.4, -0.2) is 17.0 Å². The molecule has 0 amide bonds. The van der Waals surface area contributed by atoms with Crippen molar-refractivity contribution < 1.29 is 0 Å². The molecule has 0 saturated carbocycles. The molecule has 0 atom stereocenters. The number of hydrogen-bond donors (Lipinski definition) is 1. The molecule has 1 aromatic heterocycles. The van der Waals surface area contributed by atoms with Crippen LogP contribution in [0, 0.1) is 27.7 Å². The zero-order valence-electron chi connectivity index (χ0n) is 12.0. The van der Waals surface area contributed by atoms with Crippen LogP contribution in [0.25, 0.3) is 0 Å². The lowest BCUT2D eigenvalue weighted by Crippen LogP contribution is -2.02. The van der Waals surface area contributed by atoms with E-state index in [2.05, 4.69) is 54.3 Å². The minimum Gasteiger partial charge on any atom is -0.373 e. The largest absolute Gasteiger partial charge is 0.373 e. The zero-order chi connectivity index (χ0) is 14.0. The van der Waals surface area contributed by atoms with Gasteiger partial charge in [0.05, 0.1) is 0 Å². The Kier molecular flexibility index (Phi) is 4.10. The van der Waals surface area contributed by atoms with Crippen molar-refractivity contribution in [2.24, 2.45) is 0 Å². The summed E-state index contributed by atoms with van der Waals surface area (Å²) >= 11 is 1.71. The summed E-state index contributed by atoms with van der Waals surface area (Å²) in [5, 5.41) is 4.14. The summed E-state index contributed by atoms with van der Waals surface area (Å²) < 4.78 is 0. The average molecular weight is 273 g/mol. The number of nitrogens with zero attached hydrogens (tertiary/aromatic N) is 2. The molecular formula is C15H19N3S. The van der Waals surface area contributed by atoms with Crippen molar-refractivity contribution in [2.75, 3.05) is 12.4 Å². The number of rotatable bonds is 3. The number of aromatic nitrogens is 2. The van der Waals surface area contributed by atoms with Gasteiger partial charge in [-0.3, -0.25) is 0 Å². The van der Waals surface area contributed by atoms with Gasteiger partial charge in [0.25, 0.3) is 0 Å². The van der Waals surface area contributed by atoms with E-state index in [0.717, 1.165) is 22.2 Å². The standard InChI is InChI=1S/C15H19N3S/c1-9-6-7-10(2)13(8-9)19-15-11(3)14(16-5)17-12(4)18-15/h6-8H,1-5H3,(H,16,17,18). The number of aryl methyl sites for hydroxylation is 3. The third kappa shape index (κ3) is 3.07. The number of nitrogens with one attached hydrogen (secondary N) is 1. The van der Waals surface area contributed by atoms with Crippen LogP contribution in [0.1, 0.15) is 22.5 Å². The van der Waals surface area contributed by atoms with Gasteiger partial charge in [-0.05, 0) is 44.9 Å². The molecule has 2 rings (SSSR count). The Morgan fingerprint density at radius 1 is 1.05 bits per heavy atom. The molecule has 0 aliphatic heterocycles. The molecule has 0 radical (unpaired) electrons. The lowest BCUT2D eigenvalue weighted by atomic mass is 10.2. The van der Waals surface area contributed by atoms with Crippen LogP contribution in [0.5, 0.6) is 0 Å². The van der Waals surface area contributed by atoms with Gasteiger partial charge in [-0.15, -0.1) is 0 Å². The van der Waals surface area contributed by atoms with Crippen molar-refractivity contribution in [1.29, 1.82) is 0 Å². The van der Waals surface area contributed by atoms with E-state index in [1.165, 1.54) is 16.0 Å². The second-order valence-electron chi connectivity index (χ2n) is 4.67. The fourth-order valence-electron chi connectivity index (χ4n) is 1.87. The van der Waals surface area contributed by atoms with Gasteiger partial charge in [-0.2, -0.15) is 0 Å². The molecule has 1 aromatic carbocycles. The predicted molar refractivity (Wildman–Crippen MR) is 81.1 cm³/mol. The molecule has 0 aliphatic rings. The Bertz CT molecular complexity index is 609. The molecular weight excluding hydrogens is 254 g/mol. The van der Waals surface area contributed by atoms with Crippen LogP contribution in [-0.2, 0) is 0 Å². The van der Waals surface area contributed by atoms with Crippen molar-refractivity contribution >= 4 is 17.6 Å². The number of hydrogen-bond acceptors (Lipinski definition) is 4. The maximum atomic E-state index is 4.56. The molecule has 0 aliphatic carbocycles. The van der Waals surface area contributed by atoms with E-state index in [1.807, 2.05) is 14.0 Å². The van der Waals surface area contributed by atoms with Crippen molar-refractivity contribution in [3.05, 3.63) is 40.7 Å². The van der Waals surface area contributed by atoms with E-state index in [1.54, 1.807) is 11.8 Å². The number of anilines is 1. The molecule has 19 heavy (non-hydrogen) atoms. The quantitative estimate of drug-likeness (QED) is 0.861. The third-order valence-electron chi connectivity index (χ3n) is 3.00. The van der Waals surface area contributed by atoms with Crippen LogP contribution >= 0.6 is 11.8 Å². The summed E-state index contributed by atoms with van der Waals surface area (Å²) in [6, 6.07) is 6.49. The smallest absolute Gasteiger partial charge is 0.133 e. The van der Waals surface area contributed by atoms with Crippen LogP contribution in [0.2, 0.25) is 0 Å². The first kappa shape index (κ1) is 13.9. The van der Waals surface area contributed by atoms with Gasteiger partial charge in [0.15, 0.2) is 0 Å². The van der Waals surface area contributed by atoms with Gasteiger partial charge in [-0.25, -0.2) is 9.97 Å². The third-order valence-corrected chi connectivity index (χ3v) is 4.25. The average Bonchev–Trinajstić information content (AvgIpc) is 2.37. The minimum absolute atomic E-state index is 0.794. The van der Waals surface area contributed by atoms with Gasteiger partial charge in [-0.1, -0.05) is 23.9 Å². The second kappa shape index (κ2) is 5.61. The highest BCUT2D eigenvalue weighted by molar-refractivity contribution is 7.99. The van der Waals surface area contributed by atoms with E-state index in [0.29, 0.717) is 0 Å². The van der Waals surface area contributed by atoms with Crippen LogP contribution in [0.3, 0.4) is 0 Å². The Morgan fingerprint density at radius 3 is 2.47 bits per heavy atom. The topological polar surface area (TPSA) is 37.8 Å². The summed E-state index contributed by atoms with van der Waals surface area (Å²) in [5.41, 5.74) is 3.64. The molecule has 1 N–H and O–H groups in total. The number of benzene rings is 1. The van der Waals surface area contributed by atoms with Gasteiger partial charge < -0.3 is 5.32 Å². The molecule has 4 heteroatoms. The highest BCUT2D eigenvalue weighted by Crippen LogP contribution is 2.33. The minimum atomic E-state index is 0.794. The van der Waals surface area contributed by atoms with Crippen molar-refractivity contribution in [2.45, 2.75) is 37.6 Å². The lowest BCUT2D eigenvalue weighted by Gasteiger charge is -2.12. The SMILES string of the molecule is CNc1nc(C)nc(Sc2cc(C)ccc2C)c1C. The molecule has 0 unspecified atom stereocenters. The van der Waals surface area contributed by atoms with E-state index >= 15 is 0 Å². The monoisotopic (exact) mass is 273 g/mol. The molecule has 0 fully saturated rings. The Labute approximate surface area is 118 Å². The Hall–Kier alpha value is -1.55. The van der Waals surface area contributed by atoms with Crippen LogP contribution in [0.15, 0.2) is 28.1 Å². The molecule has 3 nitrogen and oxygen atoms in total. The molecule has 0 spiro atoms. The highest BCUT2D eigenvalue weighted by atomic mass is 32.2. The summed E-state index contributed by atoms with van der Waals surface area (Å²) in [6.45, 7) is 8.22. The van der Waals surface area contributed by atoms with E-state index in [-0.39, 0.29) is 0 Å². The molecule has 100 valence electrons. The summed E-state index contributed by atoms with van der Waals surface area (Å²) in [4.78, 5) is 10.2. The van der Waals surface area contributed by atoms with Crippen molar-refractivity contribution in [1.82, 2.24) is 9.97 Å². The fourth-order valence-corrected chi connectivity index (χ4v) is 2.98. The molecule has 1 heterocycles. The van der Waals surface area contributed by atoms with Gasteiger partial charge in [0.1, 0.15) is 16.7 Å². The van der Waals surface area contributed by atoms with E-state index < -0.39 is 0 Å². The summed E-state index contributed by atoms with van der Waals surface area (Å²) in [7, 11) is 1.89. The molecule has 0 bridgehead atoms. The zero-order valence-corrected chi connectivity index (χ0v) is 12.9. The second-order valence-corrected chi connectivity index (χ2v) is 5.70. The maximum Gasteiger partial charge on any atom is 0.133 e. The maximum absolute atomic E-state index is 4.56. The Morgan fingerprint density at radius 2 is 1.79 bits per heavy atom.